The van der Waals surface area contributed by atoms with Gasteiger partial charge in [0.2, 0.25) is 0 Å². The summed E-state index contributed by atoms with van der Waals surface area (Å²) in [6.45, 7) is 1.57. The summed E-state index contributed by atoms with van der Waals surface area (Å²) in [5, 5.41) is 4.56. The van der Waals surface area contributed by atoms with E-state index >= 15 is 0 Å². The largest absolute Gasteiger partial charge is 0.264 e. The van der Waals surface area contributed by atoms with Crippen LogP contribution in [0, 0.1) is 6.92 Å². The molecule has 0 amide bonds. The van der Waals surface area contributed by atoms with Crippen LogP contribution in [0.3, 0.4) is 0 Å². The van der Waals surface area contributed by atoms with Crippen molar-refractivity contribution in [3.8, 4) is 5.69 Å². The Morgan fingerprint density at radius 1 is 1.29 bits per heavy atom. The zero-order valence-electron chi connectivity index (χ0n) is 8.76. The number of benzene rings is 1. The second-order valence-corrected chi connectivity index (χ2v) is 6.35. The van der Waals surface area contributed by atoms with E-state index in [4.69, 9.17) is 22.3 Å². The predicted molar refractivity (Wildman–Crippen MR) is 66.3 cm³/mol. The molecule has 0 radical (unpaired) electrons. The maximum atomic E-state index is 11.3. The van der Waals surface area contributed by atoms with Crippen molar-refractivity contribution in [1.82, 2.24) is 9.78 Å². The molecule has 0 atom stereocenters. The van der Waals surface area contributed by atoms with Gasteiger partial charge in [0.05, 0.1) is 22.6 Å². The van der Waals surface area contributed by atoms with E-state index in [0.717, 1.165) is 0 Å². The molecule has 1 aromatic heterocycles. The number of rotatable bonds is 2. The summed E-state index contributed by atoms with van der Waals surface area (Å²) in [6, 6.07) is 7.00. The lowest BCUT2D eigenvalue weighted by Gasteiger charge is -2.02. The minimum Gasteiger partial charge on any atom is -0.238 e. The Labute approximate surface area is 108 Å². The summed E-state index contributed by atoms with van der Waals surface area (Å²) >= 11 is 5.99. The van der Waals surface area contributed by atoms with Crippen molar-refractivity contribution in [2.75, 3.05) is 0 Å². The van der Waals surface area contributed by atoms with Crippen molar-refractivity contribution >= 4 is 31.3 Å². The second-order valence-electron chi connectivity index (χ2n) is 3.41. The zero-order valence-corrected chi connectivity index (χ0v) is 11.1. The second kappa shape index (κ2) is 4.33. The summed E-state index contributed by atoms with van der Waals surface area (Å²) in [6.07, 6.45) is 1.35. The summed E-state index contributed by atoms with van der Waals surface area (Å²) < 4.78 is 23.9. The minimum absolute atomic E-state index is 0.0147. The number of hydrogen-bond donors (Lipinski definition) is 0. The van der Waals surface area contributed by atoms with Crippen LogP contribution in [0.15, 0.2) is 35.4 Å². The fraction of sp³-hybridized carbons (Fsp3) is 0.100. The Balaban J connectivity index is 2.61. The van der Waals surface area contributed by atoms with Gasteiger partial charge in [0.1, 0.15) is 4.90 Å². The summed E-state index contributed by atoms with van der Waals surface area (Å²) in [5.41, 5.74) is 0.934. The molecule has 0 fully saturated rings. The first-order chi connectivity index (χ1) is 7.89. The van der Waals surface area contributed by atoms with Crippen molar-refractivity contribution < 1.29 is 8.42 Å². The highest BCUT2D eigenvalue weighted by molar-refractivity contribution is 8.13. The van der Waals surface area contributed by atoms with E-state index in [0.29, 0.717) is 16.4 Å². The molecular weight excluding hydrogens is 283 g/mol. The average molecular weight is 291 g/mol. The smallest absolute Gasteiger partial charge is 0.238 e. The Morgan fingerprint density at radius 2 is 1.94 bits per heavy atom. The molecule has 0 aliphatic carbocycles. The number of aromatic nitrogens is 2. The summed E-state index contributed by atoms with van der Waals surface area (Å²) in [7, 11) is 1.50. The minimum atomic E-state index is -3.79. The fourth-order valence-corrected chi connectivity index (χ4v) is 2.74. The zero-order chi connectivity index (χ0) is 12.6. The molecule has 0 aliphatic rings. The molecule has 0 N–H and O–H groups in total. The van der Waals surface area contributed by atoms with E-state index < -0.39 is 9.05 Å². The molecular formula is C10H8Cl2N2O2S. The van der Waals surface area contributed by atoms with Crippen LogP contribution < -0.4 is 0 Å². The predicted octanol–water partition coefficient (Wildman–Crippen LogP) is 2.76. The van der Waals surface area contributed by atoms with E-state index in [1.807, 2.05) is 0 Å². The van der Waals surface area contributed by atoms with Crippen molar-refractivity contribution in [2.45, 2.75) is 11.8 Å². The van der Waals surface area contributed by atoms with Crippen LogP contribution in [0.2, 0.25) is 5.02 Å². The van der Waals surface area contributed by atoms with Gasteiger partial charge in [0.15, 0.2) is 0 Å². The van der Waals surface area contributed by atoms with Gasteiger partial charge >= 0.3 is 0 Å². The number of aryl methyl sites for hydroxylation is 1. The third kappa shape index (κ3) is 2.46. The molecule has 0 saturated carbocycles. The molecule has 0 unspecified atom stereocenters. The van der Waals surface area contributed by atoms with E-state index in [1.165, 1.54) is 10.9 Å². The normalized spacial score (nSPS) is 11.7. The lowest BCUT2D eigenvalue weighted by Crippen LogP contribution is -1.95. The maximum absolute atomic E-state index is 11.3. The topological polar surface area (TPSA) is 52.0 Å². The Bertz CT molecular complexity index is 665. The molecule has 0 saturated heterocycles. The highest BCUT2D eigenvalue weighted by atomic mass is 35.7. The summed E-state index contributed by atoms with van der Waals surface area (Å²) in [4.78, 5) is -0.0147. The third-order valence-electron chi connectivity index (χ3n) is 2.22. The molecule has 0 aliphatic heterocycles. The Kier molecular flexibility index (Phi) is 3.16. The standard InChI is InChI=1S/C10H8Cl2N2O2S/c1-7-10(17(12,15)16)6-14(13-7)9-5-3-2-4-8(9)11/h2-6H,1H3. The van der Waals surface area contributed by atoms with Crippen LogP contribution in [0.25, 0.3) is 5.69 Å². The molecule has 2 aromatic rings. The number of nitrogens with zero attached hydrogens (tertiary/aromatic N) is 2. The third-order valence-corrected chi connectivity index (χ3v) is 3.96. The number of para-hydroxylation sites is 1. The SMILES string of the molecule is Cc1nn(-c2ccccc2Cl)cc1S(=O)(=O)Cl. The van der Waals surface area contributed by atoms with Crippen LogP contribution in [-0.2, 0) is 9.05 Å². The van der Waals surface area contributed by atoms with Crippen LogP contribution in [-0.4, -0.2) is 18.2 Å². The van der Waals surface area contributed by atoms with Crippen LogP contribution in [0.5, 0.6) is 0 Å². The molecule has 90 valence electrons. The van der Waals surface area contributed by atoms with E-state index in [-0.39, 0.29) is 4.90 Å². The van der Waals surface area contributed by atoms with Crippen molar-refractivity contribution in [2.24, 2.45) is 0 Å². The first kappa shape index (κ1) is 12.4. The fourth-order valence-electron chi connectivity index (χ4n) is 1.44. The van der Waals surface area contributed by atoms with Crippen LogP contribution in [0.1, 0.15) is 5.69 Å². The van der Waals surface area contributed by atoms with Gasteiger partial charge in [-0.2, -0.15) is 5.10 Å². The van der Waals surface area contributed by atoms with E-state index in [1.54, 1.807) is 31.2 Å². The van der Waals surface area contributed by atoms with Gasteiger partial charge in [-0.3, -0.25) is 0 Å². The molecule has 0 spiro atoms. The van der Waals surface area contributed by atoms with Gasteiger partial charge < -0.3 is 0 Å². The monoisotopic (exact) mass is 290 g/mol. The molecule has 4 nitrogen and oxygen atoms in total. The van der Waals surface area contributed by atoms with Gasteiger partial charge in [0.25, 0.3) is 9.05 Å². The van der Waals surface area contributed by atoms with Crippen molar-refractivity contribution in [1.29, 1.82) is 0 Å². The molecule has 2 rings (SSSR count). The summed E-state index contributed by atoms with van der Waals surface area (Å²) in [5.74, 6) is 0. The number of halogens is 2. The van der Waals surface area contributed by atoms with Crippen molar-refractivity contribution in [3.63, 3.8) is 0 Å². The molecule has 17 heavy (non-hydrogen) atoms. The molecule has 7 heteroatoms. The van der Waals surface area contributed by atoms with E-state index in [9.17, 15) is 8.42 Å². The lowest BCUT2D eigenvalue weighted by molar-refractivity contribution is 0.609. The molecule has 0 bridgehead atoms. The average Bonchev–Trinajstić information content (AvgIpc) is 2.60. The van der Waals surface area contributed by atoms with Gasteiger partial charge in [-0.25, -0.2) is 13.1 Å². The quantitative estimate of drug-likeness (QED) is 0.799. The molecule has 1 heterocycles. The van der Waals surface area contributed by atoms with Gasteiger partial charge in [-0.15, -0.1) is 0 Å². The highest BCUT2D eigenvalue weighted by Gasteiger charge is 2.18. The van der Waals surface area contributed by atoms with Crippen LogP contribution >= 0.6 is 22.3 Å². The van der Waals surface area contributed by atoms with Crippen LogP contribution in [0.4, 0.5) is 0 Å². The Morgan fingerprint density at radius 3 is 2.47 bits per heavy atom. The maximum Gasteiger partial charge on any atom is 0.264 e. The first-order valence-corrected chi connectivity index (χ1v) is 7.34. The Hall–Kier alpha value is -1.04. The van der Waals surface area contributed by atoms with Gasteiger partial charge in [-0.05, 0) is 19.1 Å². The first-order valence-electron chi connectivity index (χ1n) is 4.65. The van der Waals surface area contributed by atoms with E-state index in [2.05, 4.69) is 5.10 Å². The molecule has 1 aromatic carbocycles. The number of hydrogen-bond acceptors (Lipinski definition) is 3. The highest BCUT2D eigenvalue weighted by Crippen LogP contribution is 2.23. The lowest BCUT2D eigenvalue weighted by atomic mass is 10.3. The van der Waals surface area contributed by atoms with Crippen molar-refractivity contribution in [3.05, 3.63) is 41.2 Å². The van der Waals surface area contributed by atoms with Gasteiger partial charge in [-0.1, -0.05) is 23.7 Å². The van der Waals surface area contributed by atoms with Gasteiger partial charge in [0, 0.05) is 10.7 Å².